The topological polar surface area (TPSA) is 61.4 Å². The van der Waals surface area contributed by atoms with Gasteiger partial charge in [-0.05, 0) is 64.2 Å². The van der Waals surface area contributed by atoms with Crippen molar-refractivity contribution in [1.82, 2.24) is 15.5 Å². The van der Waals surface area contributed by atoms with Crippen molar-refractivity contribution in [3.05, 3.63) is 35.4 Å². The normalized spacial score (nSPS) is 15.3. The summed E-state index contributed by atoms with van der Waals surface area (Å²) in [6.45, 7) is 1.60. The van der Waals surface area contributed by atoms with Crippen LogP contribution in [0.15, 0.2) is 24.3 Å². The van der Waals surface area contributed by atoms with Gasteiger partial charge < -0.3 is 15.5 Å². The van der Waals surface area contributed by atoms with Gasteiger partial charge in [0.05, 0.1) is 0 Å². The van der Waals surface area contributed by atoms with E-state index in [1.54, 1.807) is 24.3 Å². The largest absolute Gasteiger partial charge is 0.352 e. The van der Waals surface area contributed by atoms with Gasteiger partial charge in [0.25, 0.3) is 11.8 Å². The minimum Gasteiger partial charge on any atom is -0.352 e. The van der Waals surface area contributed by atoms with Crippen LogP contribution in [-0.2, 0) is 0 Å². The van der Waals surface area contributed by atoms with Gasteiger partial charge in [-0.1, -0.05) is 19.3 Å². The van der Waals surface area contributed by atoms with Crippen LogP contribution in [0.1, 0.15) is 59.2 Å². The molecule has 5 heteroatoms. The fourth-order valence-electron chi connectivity index (χ4n) is 2.99. The highest BCUT2D eigenvalue weighted by Gasteiger charge is 2.16. The maximum Gasteiger partial charge on any atom is 0.251 e. The van der Waals surface area contributed by atoms with Gasteiger partial charge in [-0.15, -0.1) is 0 Å². The molecule has 0 unspecified atom stereocenters. The molecule has 0 bridgehead atoms. The summed E-state index contributed by atoms with van der Waals surface area (Å²) in [7, 11) is 4.03. The molecule has 2 amide bonds. The summed E-state index contributed by atoms with van der Waals surface area (Å²) >= 11 is 0. The number of benzene rings is 1. The molecule has 1 aromatic rings. The zero-order valence-electron chi connectivity index (χ0n) is 14.8. The van der Waals surface area contributed by atoms with Crippen LogP contribution in [0, 0.1) is 0 Å². The Labute approximate surface area is 144 Å². The smallest absolute Gasteiger partial charge is 0.251 e. The van der Waals surface area contributed by atoms with Crippen LogP contribution in [0.5, 0.6) is 0 Å². The van der Waals surface area contributed by atoms with E-state index in [1.165, 1.54) is 19.3 Å². The van der Waals surface area contributed by atoms with Crippen molar-refractivity contribution < 1.29 is 9.59 Å². The summed E-state index contributed by atoms with van der Waals surface area (Å²) in [5.74, 6) is -0.132. The van der Waals surface area contributed by atoms with Crippen LogP contribution < -0.4 is 10.6 Å². The first-order chi connectivity index (χ1) is 11.6. The highest BCUT2D eigenvalue weighted by molar-refractivity contribution is 5.97. The molecule has 1 saturated carbocycles. The highest BCUT2D eigenvalue weighted by atomic mass is 16.2. The summed E-state index contributed by atoms with van der Waals surface area (Å²) < 4.78 is 0. The molecule has 0 radical (unpaired) electrons. The number of hydrogen-bond acceptors (Lipinski definition) is 3. The first-order valence-electron chi connectivity index (χ1n) is 8.90. The Balaban J connectivity index is 1.80. The first-order valence-corrected chi connectivity index (χ1v) is 8.90. The number of amides is 2. The number of nitrogens with one attached hydrogen (secondary N) is 2. The molecule has 1 aliphatic rings. The van der Waals surface area contributed by atoms with Crippen LogP contribution in [0.25, 0.3) is 0 Å². The average Bonchev–Trinajstić information content (AvgIpc) is 2.59. The van der Waals surface area contributed by atoms with E-state index in [9.17, 15) is 9.59 Å². The van der Waals surface area contributed by atoms with Crippen molar-refractivity contribution in [3.8, 4) is 0 Å². The Kier molecular flexibility index (Phi) is 7.25. The Bertz CT molecular complexity index is 534. The number of rotatable bonds is 7. The zero-order valence-corrected chi connectivity index (χ0v) is 14.8. The van der Waals surface area contributed by atoms with Gasteiger partial charge in [-0.2, -0.15) is 0 Å². The Morgan fingerprint density at radius 3 is 2.17 bits per heavy atom. The fourth-order valence-corrected chi connectivity index (χ4v) is 2.99. The molecule has 24 heavy (non-hydrogen) atoms. The lowest BCUT2D eigenvalue weighted by atomic mass is 9.95. The Morgan fingerprint density at radius 1 is 1.00 bits per heavy atom. The molecule has 0 aromatic heterocycles. The third-order valence-electron chi connectivity index (χ3n) is 4.42. The van der Waals surface area contributed by atoms with E-state index in [4.69, 9.17) is 0 Å². The van der Waals surface area contributed by atoms with Crippen molar-refractivity contribution in [3.63, 3.8) is 0 Å². The second-order valence-corrected chi connectivity index (χ2v) is 6.80. The minimum absolute atomic E-state index is 0.0418. The number of carbonyl (C=O) groups is 2. The molecule has 5 nitrogen and oxygen atoms in total. The summed E-state index contributed by atoms with van der Waals surface area (Å²) in [6.07, 6.45) is 6.71. The summed E-state index contributed by atoms with van der Waals surface area (Å²) in [4.78, 5) is 26.4. The molecule has 1 aliphatic carbocycles. The molecule has 1 fully saturated rings. The standard InChI is InChI=1S/C19H29N3O2/c1-22(2)14-6-13-20-18(23)15-9-11-16(12-10-15)19(24)21-17-7-4-3-5-8-17/h9-12,17H,3-8,13-14H2,1-2H3,(H,20,23)(H,21,24). The molecule has 0 atom stereocenters. The molecule has 2 rings (SSSR count). The van der Waals surface area contributed by atoms with Crippen LogP contribution in [0.2, 0.25) is 0 Å². The van der Waals surface area contributed by atoms with Crippen molar-refractivity contribution in [2.45, 2.75) is 44.6 Å². The Hall–Kier alpha value is -1.88. The van der Waals surface area contributed by atoms with Crippen molar-refractivity contribution in [2.24, 2.45) is 0 Å². The molecule has 1 aromatic carbocycles. The minimum atomic E-state index is -0.0898. The molecule has 0 heterocycles. The van der Waals surface area contributed by atoms with Crippen LogP contribution in [-0.4, -0.2) is 49.9 Å². The molecule has 2 N–H and O–H groups in total. The second kappa shape index (κ2) is 9.42. The average molecular weight is 331 g/mol. The first kappa shape index (κ1) is 18.5. The van der Waals surface area contributed by atoms with Gasteiger partial charge in [-0.3, -0.25) is 9.59 Å². The molecule has 0 aliphatic heterocycles. The third-order valence-corrected chi connectivity index (χ3v) is 4.42. The van der Waals surface area contributed by atoms with Crippen molar-refractivity contribution in [1.29, 1.82) is 0 Å². The van der Waals surface area contributed by atoms with Gasteiger partial charge in [0.15, 0.2) is 0 Å². The molecule has 0 spiro atoms. The lowest BCUT2D eigenvalue weighted by molar-refractivity contribution is 0.0923. The summed E-state index contributed by atoms with van der Waals surface area (Å²) in [6, 6.07) is 7.19. The lowest BCUT2D eigenvalue weighted by Gasteiger charge is -2.22. The molecular formula is C19H29N3O2. The van der Waals surface area contributed by atoms with Crippen molar-refractivity contribution >= 4 is 11.8 Å². The van der Waals surface area contributed by atoms with E-state index in [0.29, 0.717) is 23.7 Å². The lowest BCUT2D eigenvalue weighted by Crippen LogP contribution is -2.36. The highest BCUT2D eigenvalue weighted by Crippen LogP contribution is 2.18. The Morgan fingerprint density at radius 2 is 1.58 bits per heavy atom. The molecule has 132 valence electrons. The van der Waals surface area contributed by atoms with Crippen LogP contribution >= 0.6 is 0 Å². The zero-order chi connectivity index (χ0) is 17.4. The number of nitrogens with zero attached hydrogens (tertiary/aromatic N) is 1. The van der Waals surface area contributed by atoms with E-state index in [1.807, 2.05) is 14.1 Å². The van der Waals surface area contributed by atoms with E-state index in [-0.39, 0.29) is 11.8 Å². The van der Waals surface area contributed by atoms with E-state index < -0.39 is 0 Å². The maximum atomic E-state index is 12.3. The summed E-state index contributed by atoms with van der Waals surface area (Å²) in [5.41, 5.74) is 1.21. The fraction of sp³-hybridized carbons (Fsp3) is 0.579. The van der Waals surface area contributed by atoms with Crippen LogP contribution in [0.3, 0.4) is 0 Å². The van der Waals surface area contributed by atoms with Crippen LogP contribution in [0.4, 0.5) is 0 Å². The SMILES string of the molecule is CN(C)CCCNC(=O)c1ccc(C(=O)NC2CCCCC2)cc1. The number of hydrogen-bond donors (Lipinski definition) is 2. The predicted molar refractivity (Wildman–Crippen MR) is 96.3 cm³/mol. The van der Waals surface area contributed by atoms with Gasteiger partial charge >= 0.3 is 0 Å². The third kappa shape index (κ3) is 5.96. The number of carbonyl (C=O) groups excluding carboxylic acids is 2. The monoisotopic (exact) mass is 331 g/mol. The molecule has 0 saturated heterocycles. The van der Waals surface area contributed by atoms with E-state index in [0.717, 1.165) is 25.8 Å². The predicted octanol–water partition coefficient (Wildman–Crippen LogP) is 2.43. The van der Waals surface area contributed by atoms with Crippen molar-refractivity contribution in [2.75, 3.05) is 27.2 Å². The van der Waals surface area contributed by atoms with Gasteiger partial charge in [0.1, 0.15) is 0 Å². The van der Waals surface area contributed by atoms with E-state index in [2.05, 4.69) is 15.5 Å². The molecular weight excluding hydrogens is 302 g/mol. The second-order valence-electron chi connectivity index (χ2n) is 6.80. The van der Waals surface area contributed by atoms with Gasteiger partial charge in [0, 0.05) is 23.7 Å². The van der Waals surface area contributed by atoms with Gasteiger partial charge in [-0.25, -0.2) is 0 Å². The maximum absolute atomic E-state index is 12.3. The summed E-state index contributed by atoms with van der Waals surface area (Å²) in [5, 5.41) is 5.99. The quantitative estimate of drug-likeness (QED) is 0.754. The van der Waals surface area contributed by atoms with Gasteiger partial charge in [0.2, 0.25) is 0 Å². The van der Waals surface area contributed by atoms with E-state index >= 15 is 0 Å².